The highest BCUT2D eigenvalue weighted by atomic mass is 79.9. The van der Waals surface area contributed by atoms with Crippen molar-refractivity contribution in [2.75, 3.05) is 26.0 Å². The van der Waals surface area contributed by atoms with Gasteiger partial charge >= 0.3 is 6.09 Å². The number of rotatable bonds is 4. The second-order valence-corrected chi connectivity index (χ2v) is 6.84. The monoisotopic (exact) mass is 342 g/mol. The van der Waals surface area contributed by atoms with Crippen molar-refractivity contribution in [2.45, 2.75) is 32.8 Å². The molecular weight excluding hydrogens is 320 g/mol. The first-order valence-corrected chi connectivity index (χ1v) is 7.40. The highest BCUT2D eigenvalue weighted by molar-refractivity contribution is 9.10. The predicted octanol–water partition coefficient (Wildman–Crippen LogP) is 3.90. The Morgan fingerprint density at radius 1 is 1.35 bits per heavy atom. The third kappa shape index (κ3) is 6.39. The van der Waals surface area contributed by atoms with Gasteiger partial charge in [0, 0.05) is 16.7 Å². The Morgan fingerprint density at radius 2 is 2.00 bits per heavy atom. The molecule has 1 aromatic carbocycles. The number of hydrogen-bond acceptors (Lipinski definition) is 3. The summed E-state index contributed by atoms with van der Waals surface area (Å²) < 4.78 is 6.29. The van der Waals surface area contributed by atoms with E-state index in [2.05, 4.69) is 26.1 Å². The van der Waals surface area contributed by atoms with Gasteiger partial charge in [-0.15, -0.1) is 0 Å². The van der Waals surface area contributed by atoms with Crippen molar-refractivity contribution in [1.82, 2.24) is 4.90 Å². The van der Waals surface area contributed by atoms with Gasteiger partial charge in [-0.3, -0.25) is 5.32 Å². The zero-order valence-corrected chi connectivity index (χ0v) is 14.4. The second kappa shape index (κ2) is 7.09. The van der Waals surface area contributed by atoms with Crippen molar-refractivity contribution >= 4 is 27.7 Å². The Morgan fingerprint density at radius 3 is 2.55 bits per heavy atom. The molecule has 0 atom stereocenters. The van der Waals surface area contributed by atoms with E-state index in [4.69, 9.17) is 4.74 Å². The molecule has 0 unspecified atom stereocenters. The first kappa shape index (κ1) is 17.0. The number of nitrogens with one attached hydrogen (secondary N) is 1. The van der Waals surface area contributed by atoms with Crippen LogP contribution in [0.2, 0.25) is 0 Å². The minimum absolute atomic E-state index is 0.432. The topological polar surface area (TPSA) is 41.6 Å². The molecule has 0 saturated heterocycles. The lowest BCUT2D eigenvalue weighted by molar-refractivity contribution is 0.0636. The summed E-state index contributed by atoms with van der Waals surface area (Å²) >= 11 is 3.53. The van der Waals surface area contributed by atoms with Crippen molar-refractivity contribution in [3.63, 3.8) is 0 Å². The quantitative estimate of drug-likeness (QED) is 0.902. The summed E-state index contributed by atoms with van der Waals surface area (Å²) in [6.07, 6.45) is 0.482. The molecule has 1 amide bonds. The molecule has 0 aromatic heterocycles. The van der Waals surface area contributed by atoms with Crippen LogP contribution in [0, 0.1) is 0 Å². The van der Waals surface area contributed by atoms with E-state index in [-0.39, 0.29) is 0 Å². The Balaban J connectivity index is 2.72. The summed E-state index contributed by atoms with van der Waals surface area (Å²) in [5.74, 6) is 0. The van der Waals surface area contributed by atoms with E-state index in [0.29, 0.717) is 0 Å². The molecule has 0 heterocycles. The van der Waals surface area contributed by atoms with Gasteiger partial charge in [0.1, 0.15) is 5.60 Å². The van der Waals surface area contributed by atoms with E-state index >= 15 is 0 Å². The number of carbonyl (C=O) groups excluding carboxylic acids is 1. The molecule has 0 fully saturated rings. The third-order valence-corrected chi connectivity index (χ3v) is 3.29. The first-order chi connectivity index (χ1) is 9.17. The van der Waals surface area contributed by atoms with Gasteiger partial charge in [-0.2, -0.15) is 0 Å². The number of anilines is 1. The molecule has 20 heavy (non-hydrogen) atoms. The molecule has 112 valence electrons. The number of carbonyl (C=O) groups is 1. The van der Waals surface area contributed by atoms with Crippen LogP contribution in [-0.2, 0) is 11.2 Å². The molecule has 4 nitrogen and oxygen atoms in total. The molecule has 1 rings (SSSR count). The summed E-state index contributed by atoms with van der Waals surface area (Å²) in [4.78, 5) is 13.9. The zero-order chi connectivity index (χ0) is 15.3. The van der Waals surface area contributed by atoms with Gasteiger partial charge in [0.25, 0.3) is 0 Å². The predicted molar refractivity (Wildman–Crippen MR) is 86.3 cm³/mol. The Bertz CT molecular complexity index is 467. The van der Waals surface area contributed by atoms with Gasteiger partial charge in [-0.05, 0) is 65.0 Å². The fraction of sp³-hybridized carbons (Fsp3) is 0.533. The standard InChI is InChI=1S/C15H23BrN2O2/c1-15(2,3)20-14(19)17-12-6-7-13(16)11(10-12)8-9-18(4)5/h6-7,10H,8-9H2,1-5H3,(H,17,19). The van der Waals surface area contributed by atoms with E-state index in [1.165, 1.54) is 0 Å². The van der Waals surface area contributed by atoms with Crippen molar-refractivity contribution in [2.24, 2.45) is 0 Å². The van der Waals surface area contributed by atoms with Crippen LogP contribution in [0.25, 0.3) is 0 Å². The molecule has 1 N–H and O–H groups in total. The molecule has 5 heteroatoms. The van der Waals surface area contributed by atoms with E-state index in [0.717, 1.165) is 28.7 Å². The van der Waals surface area contributed by atoms with E-state index in [1.807, 2.05) is 53.1 Å². The molecular formula is C15H23BrN2O2. The Hall–Kier alpha value is -1.07. The number of amides is 1. The zero-order valence-electron chi connectivity index (χ0n) is 12.8. The van der Waals surface area contributed by atoms with Crippen LogP contribution in [-0.4, -0.2) is 37.2 Å². The van der Waals surface area contributed by atoms with Crippen LogP contribution in [0.4, 0.5) is 10.5 Å². The molecule has 0 bridgehead atoms. The molecule has 1 aromatic rings. The average Bonchev–Trinajstić information content (AvgIpc) is 2.27. The largest absolute Gasteiger partial charge is 0.444 e. The highest BCUT2D eigenvalue weighted by Crippen LogP contribution is 2.22. The maximum Gasteiger partial charge on any atom is 0.412 e. The van der Waals surface area contributed by atoms with Crippen molar-refractivity contribution < 1.29 is 9.53 Å². The van der Waals surface area contributed by atoms with Crippen LogP contribution >= 0.6 is 15.9 Å². The minimum Gasteiger partial charge on any atom is -0.444 e. The maximum atomic E-state index is 11.7. The van der Waals surface area contributed by atoms with Crippen LogP contribution in [0.3, 0.4) is 0 Å². The normalized spacial score (nSPS) is 11.6. The average molecular weight is 343 g/mol. The number of benzene rings is 1. The van der Waals surface area contributed by atoms with Gasteiger partial charge < -0.3 is 9.64 Å². The lowest BCUT2D eigenvalue weighted by Gasteiger charge is -2.20. The number of hydrogen-bond donors (Lipinski definition) is 1. The number of likely N-dealkylation sites (N-methyl/N-ethyl adjacent to an activating group) is 1. The SMILES string of the molecule is CN(C)CCc1cc(NC(=O)OC(C)(C)C)ccc1Br. The minimum atomic E-state index is -0.493. The Labute approximate surface area is 129 Å². The summed E-state index contributed by atoms with van der Waals surface area (Å²) in [5.41, 5.74) is 1.41. The van der Waals surface area contributed by atoms with Crippen LogP contribution in [0.15, 0.2) is 22.7 Å². The fourth-order valence-corrected chi connectivity index (χ4v) is 2.05. The summed E-state index contributed by atoms with van der Waals surface area (Å²) in [6.45, 7) is 6.48. The van der Waals surface area contributed by atoms with Crippen LogP contribution < -0.4 is 5.32 Å². The first-order valence-electron chi connectivity index (χ1n) is 6.60. The van der Waals surface area contributed by atoms with Gasteiger partial charge in [-0.25, -0.2) is 4.79 Å². The van der Waals surface area contributed by atoms with Gasteiger partial charge in [-0.1, -0.05) is 15.9 Å². The number of ether oxygens (including phenoxy) is 1. The molecule has 0 aliphatic carbocycles. The summed E-state index contributed by atoms with van der Waals surface area (Å²) in [7, 11) is 4.08. The van der Waals surface area contributed by atoms with Crippen molar-refractivity contribution in [1.29, 1.82) is 0 Å². The Kier molecular flexibility index (Phi) is 6.02. The van der Waals surface area contributed by atoms with Crippen molar-refractivity contribution in [3.8, 4) is 0 Å². The lowest BCUT2D eigenvalue weighted by atomic mass is 10.1. The number of nitrogens with zero attached hydrogens (tertiary/aromatic N) is 1. The highest BCUT2D eigenvalue weighted by Gasteiger charge is 2.16. The van der Waals surface area contributed by atoms with E-state index < -0.39 is 11.7 Å². The van der Waals surface area contributed by atoms with Crippen LogP contribution in [0.1, 0.15) is 26.3 Å². The maximum absolute atomic E-state index is 11.7. The van der Waals surface area contributed by atoms with Gasteiger partial charge in [0.2, 0.25) is 0 Å². The van der Waals surface area contributed by atoms with Crippen LogP contribution in [0.5, 0.6) is 0 Å². The molecule has 0 aliphatic heterocycles. The summed E-state index contributed by atoms with van der Waals surface area (Å²) in [5, 5.41) is 2.76. The van der Waals surface area contributed by atoms with Gasteiger partial charge in [0.15, 0.2) is 0 Å². The smallest absolute Gasteiger partial charge is 0.412 e. The second-order valence-electron chi connectivity index (χ2n) is 5.99. The van der Waals surface area contributed by atoms with E-state index in [1.54, 1.807) is 0 Å². The molecule has 0 aliphatic rings. The molecule has 0 saturated carbocycles. The van der Waals surface area contributed by atoms with Gasteiger partial charge in [0.05, 0.1) is 0 Å². The third-order valence-electron chi connectivity index (χ3n) is 2.52. The lowest BCUT2D eigenvalue weighted by Crippen LogP contribution is -2.27. The summed E-state index contributed by atoms with van der Waals surface area (Å²) in [6, 6.07) is 5.77. The molecule has 0 spiro atoms. The fourth-order valence-electron chi connectivity index (χ4n) is 1.61. The number of halogens is 1. The molecule has 0 radical (unpaired) electrons. The van der Waals surface area contributed by atoms with E-state index in [9.17, 15) is 4.79 Å². The van der Waals surface area contributed by atoms with Crippen molar-refractivity contribution in [3.05, 3.63) is 28.2 Å².